The highest BCUT2D eigenvalue weighted by atomic mass is 35.5. The van der Waals surface area contributed by atoms with E-state index in [0.717, 1.165) is 0 Å². The number of carbonyl (C=O) groups excluding carboxylic acids is 1. The van der Waals surface area contributed by atoms with Gasteiger partial charge >= 0.3 is 6.03 Å². The molecule has 2 rings (SSSR count). The summed E-state index contributed by atoms with van der Waals surface area (Å²) in [7, 11) is 3.74. The van der Waals surface area contributed by atoms with E-state index in [9.17, 15) is 4.79 Å². The average Bonchev–Trinajstić information content (AvgIpc) is 2.42. The molecule has 2 aromatic rings. The Morgan fingerprint density at radius 2 is 1.77 bits per heavy atom. The molecule has 0 aliphatic heterocycles. The second kappa shape index (κ2) is 6.62. The Bertz CT molecular complexity index is 679. The molecule has 6 nitrogen and oxygen atoms in total. The van der Waals surface area contributed by atoms with Crippen LogP contribution in [0.5, 0.6) is 0 Å². The SMILES string of the molecule is Cc1nc(N(C)C)nc(C)c1NC(=O)Nc1cccc(Cl)c1. The molecule has 0 atom stereocenters. The summed E-state index contributed by atoms with van der Waals surface area (Å²) in [6, 6.07) is 6.58. The molecule has 2 N–H and O–H groups in total. The highest BCUT2D eigenvalue weighted by molar-refractivity contribution is 6.30. The van der Waals surface area contributed by atoms with E-state index < -0.39 is 0 Å². The van der Waals surface area contributed by atoms with Crippen LogP contribution < -0.4 is 15.5 Å². The molecule has 22 heavy (non-hydrogen) atoms. The minimum atomic E-state index is -0.366. The van der Waals surface area contributed by atoms with E-state index in [-0.39, 0.29) is 6.03 Å². The Labute approximate surface area is 134 Å². The summed E-state index contributed by atoms with van der Waals surface area (Å²) in [6.45, 7) is 3.66. The van der Waals surface area contributed by atoms with Crippen molar-refractivity contribution < 1.29 is 4.79 Å². The molecule has 1 aromatic carbocycles. The van der Waals surface area contributed by atoms with E-state index in [4.69, 9.17) is 11.6 Å². The van der Waals surface area contributed by atoms with Crippen LogP contribution in [0.1, 0.15) is 11.4 Å². The summed E-state index contributed by atoms with van der Waals surface area (Å²) in [5.41, 5.74) is 2.63. The Hall–Kier alpha value is -2.34. The first-order chi connectivity index (χ1) is 10.4. The van der Waals surface area contributed by atoms with E-state index in [1.807, 2.05) is 32.8 Å². The van der Waals surface area contributed by atoms with Crippen molar-refractivity contribution in [3.05, 3.63) is 40.7 Å². The number of carbonyl (C=O) groups is 1. The lowest BCUT2D eigenvalue weighted by molar-refractivity contribution is 0.262. The number of rotatable bonds is 3. The van der Waals surface area contributed by atoms with Crippen molar-refractivity contribution in [2.75, 3.05) is 29.6 Å². The Kier molecular flexibility index (Phi) is 4.82. The summed E-state index contributed by atoms with van der Waals surface area (Å²) < 4.78 is 0. The van der Waals surface area contributed by atoms with Crippen molar-refractivity contribution in [1.82, 2.24) is 9.97 Å². The molecule has 1 aromatic heterocycles. The first kappa shape index (κ1) is 16.0. The molecule has 0 unspecified atom stereocenters. The second-order valence-corrected chi connectivity index (χ2v) is 5.49. The van der Waals surface area contributed by atoms with Crippen molar-refractivity contribution in [3.63, 3.8) is 0 Å². The monoisotopic (exact) mass is 319 g/mol. The number of nitrogens with one attached hydrogen (secondary N) is 2. The van der Waals surface area contributed by atoms with Gasteiger partial charge in [0.15, 0.2) is 0 Å². The number of aryl methyl sites for hydroxylation is 2. The van der Waals surface area contributed by atoms with Gasteiger partial charge in [-0.25, -0.2) is 14.8 Å². The van der Waals surface area contributed by atoms with Crippen LogP contribution >= 0.6 is 11.6 Å². The number of anilines is 3. The van der Waals surface area contributed by atoms with Gasteiger partial charge in [0.2, 0.25) is 5.95 Å². The van der Waals surface area contributed by atoms with Gasteiger partial charge in [-0.05, 0) is 32.0 Å². The van der Waals surface area contributed by atoms with Crippen LogP contribution in [0.3, 0.4) is 0 Å². The number of amides is 2. The number of hydrogen-bond donors (Lipinski definition) is 2. The first-order valence-corrected chi connectivity index (χ1v) is 7.10. The fourth-order valence-electron chi connectivity index (χ4n) is 1.92. The second-order valence-electron chi connectivity index (χ2n) is 5.05. The van der Waals surface area contributed by atoms with Crippen molar-refractivity contribution in [2.45, 2.75) is 13.8 Å². The molecule has 116 valence electrons. The van der Waals surface area contributed by atoms with E-state index in [0.29, 0.717) is 33.7 Å². The maximum Gasteiger partial charge on any atom is 0.323 e. The predicted molar refractivity (Wildman–Crippen MR) is 89.9 cm³/mol. The number of halogens is 1. The molecular weight excluding hydrogens is 302 g/mol. The van der Waals surface area contributed by atoms with Crippen LogP contribution in [0.15, 0.2) is 24.3 Å². The zero-order valence-corrected chi connectivity index (χ0v) is 13.7. The summed E-state index contributed by atoms with van der Waals surface area (Å²) in [5, 5.41) is 6.06. The third kappa shape index (κ3) is 3.85. The standard InChI is InChI=1S/C15H18ClN5O/c1-9-13(10(2)18-14(17-9)21(3)4)20-15(22)19-12-7-5-6-11(16)8-12/h5-8H,1-4H3,(H2,19,20,22). The number of hydrogen-bond acceptors (Lipinski definition) is 4. The molecule has 0 radical (unpaired) electrons. The number of benzene rings is 1. The maximum absolute atomic E-state index is 12.1. The molecule has 0 saturated heterocycles. The van der Waals surface area contributed by atoms with Gasteiger partial charge in [-0.3, -0.25) is 0 Å². The third-order valence-electron chi connectivity index (χ3n) is 2.98. The lowest BCUT2D eigenvalue weighted by atomic mass is 10.3. The molecule has 2 amide bonds. The van der Waals surface area contributed by atoms with Gasteiger partial charge in [-0.15, -0.1) is 0 Å². The zero-order chi connectivity index (χ0) is 16.3. The molecule has 0 fully saturated rings. The van der Waals surface area contributed by atoms with Gasteiger partial charge in [-0.1, -0.05) is 17.7 Å². The zero-order valence-electron chi connectivity index (χ0n) is 12.9. The Morgan fingerprint density at radius 1 is 1.14 bits per heavy atom. The van der Waals surface area contributed by atoms with Crippen LogP contribution in [0.4, 0.5) is 22.1 Å². The maximum atomic E-state index is 12.1. The summed E-state index contributed by atoms with van der Waals surface area (Å²) >= 11 is 5.89. The van der Waals surface area contributed by atoms with Crippen molar-refractivity contribution in [1.29, 1.82) is 0 Å². The highest BCUT2D eigenvalue weighted by Crippen LogP contribution is 2.20. The normalized spacial score (nSPS) is 10.2. The minimum Gasteiger partial charge on any atom is -0.347 e. The summed E-state index contributed by atoms with van der Waals surface area (Å²) in [4.78, 5) is 22.6. The van der Waals surface area contributed by atoms with Crippen LogP contribution in [0.2, 0.25) is 5.02 Å². The van der Waals surface area contributed by atoms with Crippen molar-refractivity contribution in [3.8, 4) is 0 Å². The van der Waals surface area contributed by atoms with Gasteiger partial charge in [0, 0.05) is 24.8 Å². The quantitative estimate of drug-likeness (QED) is 0.909. The summed E-state index contributed by atoms with van der Waals surface area (Å²) in [5.74, 6) is 0.607. The fraction of sp³-hybridized carbons (Fsp3) is 0.267. The Morgan fingerprint density at radius 3 is 2.32 bits per heavy atom. The smallest absolute Gasteiger partial charge is 0.323 e. The van der Waals surface area contributed by atoms with E-state index in [1.54, 1.807) is 24.3 Å². The molecular formula is C15H18ClN5O. The summed E-state index contributed by atoms with van der Waals surface area (Å²) in [6.07, 6.45) is 0. The lowest BCUT2D eigenvalue weighted by Gasteiger charge is -2.16. The van der Waals surface area contributed by atoms with Gasteiger partial charge in [-0.2, -0.15) is 0 Å². The Balaban J connectivity index is 2.15. The number of urea groups is 1. The highest BCUT2D eigenvalue weighted by Gasteiger charge is 2.12. The minimum absolute atomic E-state index is 0.366. The molecule has 0 spiro atoms. The van der Waals surface area contributed by atoms with Crippen LogP contribution in [-0.2, 0) is 0 Å². The van der Waals surface area contributed by atoms with Gasteiger partial charge in [0.25, 0.3) is 0 Å². The largest absolute Gasteiger partial charge is 0.347 e. The molecule has 1 heterocycles. The molecule has 0 aliphatic rings. The van der Waals surface area contributed by atoms with Gasteiger partial charge in [0.05, 0.1) is 17.1 Å². The first-order valence-electron chi connectivity index (χ1n) is 6.73. The van der Waals surface area contributed by atoms with E-state index in [2.05, 4.69) is 20.6 Å². The average molecular weight is 320 g/mol. The van der Waals surface area contributed by atoms with Crippen LogP contribution in [0, 0.1) is 13.8 Å². The number of aromatic nitrogens is 2. The molecule has 0 aliphatic carbocycles. The third-order valence-corrected chi connectivity index (χ3v) is 3.22. The molecule has 7 heteroatoms. The van der Waals surface area contributed by atoms with Gasteiger partial charge < -0.3 is 15.5 Å². The predicted octanol–water partition coefficient (Wildman–Crippen LogP) is 3.46. The number of nitrogens with zero attached hydrogens (tertiary/aromatic N) is 3. The van der Waals surface area contributed by atoms with Crippen molar-refractivity contribution in [2.24, 2.45) is 0 Å². The molecule has 0 bridgehead atoms. The van der Waals surface area contributed by atoms with Crippen LogP contribution in [0.25, 0.3) is 0 Å². The fourth-order valence-corrected chi connectivity index (χ4v) is 2.11. The van der Waals surface area contributed by atoms with E-state index in [1.165, 1.54) is 0 Å². The molecule has 0 saturated carbocycles. The van der Waals surface area contributed by atoms with Crippen molar-refractivity contribution >= 4 is 35.0 Å². The van der Waals surface area contributed by atoms with E-state index >= 15 is 0 Å². The topological polar surface area (TPSA) is 70.2 Å². The van der Waals surface area contributed by atoms with Crippen LogP contribution in [-0.4, -0.2) is 30.1 Å². The lowest BCUT2D eigenvalue weighted by Crippen LogP contribution is -2.22. The van der Waals surface area contributed by atoms with Gasteiger partial charge in [0.1, 0.15) is 0 Å².